The van der Waals surface area contributed by atoms with Gasteiger partial charge in [-0.15, -0.1) is 0 Å². The molecule has 0 amide bonds. The van der Waals surface area contributed by atoms with Crippen LogP contribution in [0.2, 0.25) is 0 Å². The maximum atomic E-state index is 6.81. The molecule has 5 nitrogen and oxygen atoms in total. The molecular formula is C54H32N4O. The average molecular weight is 753 g/mol. The van der Waals surface area contributed by atoms with Crippen LogP contribution < -0.4 is 0 Å². The van der Waals surface area contributed by atoms with Crippen molar-refractivity contribution in [2.24, 2.45) is 0 Å². The van der Waals surface area contributed by atoms with Crippen molar-refractivity contribution in [3.8, 4) is 34.0 Å². The zero-order valence-corrected chi connectivity index (χ0v) is 31.7. The van der Waals surface area contributed by atoms with Gasteiger partial charge in [-0.05, 0) is 71.1 Å². The fourth-order valence-corrected chi connectivity index (χ4v) is 9.53. The van der Waals surface area contributed by atoms with E-state index in [1.807, 2.05) is 6.07 Å². The van der Waals surface area contributed by atoms with Gasteiger partial charge in [-0.1, -0.05) is 140 Å². The minimum Gasteiger partial charge on any atom is -0.455 e. The van der Waals surface area contributed by atoms with Crippen molar-refractivity contribution in [1.29, 1.82) is 0 Å². The number of fused-ring (bicyclic) bond motifs is 14. The third-order valence-electron chi connectivity index (χ3n) is 12.1. The summed E-state index contributed by atoms with van der Waals surface area (Å²) in [5.41, 5.74) is 12.3. The summed E-state index contributed by atoms with van der Waals surface area (Å²) in [5.74, 6) is 0.610. The van der Waals surface area contributed by atoms with Crippen LogP contribution in [-0.4, -0.2) is 19.1 Å². The van der Waals surface area contributed by atoms with Crippen LogP contribution in [0.4, 0.5) is 0 Å². The molecule has 0 bridgehead atoms. The van der Waals surface area contributed by atoms with E-state index in [4.69, 9.17) is 14.4 Å². The minimum atomic E-state index is 0.610. The first-order chi connectivity index (χ1) is 29.3. The highest BCUT2D eigenvalue weighted by atomic mass is 16.3. The summed E-state index contributed by atoms with van der Waals surface area (Å²) in [6.07, 6.45) is 0. The number of hydrogen-bond acceptors (Lipinski definition) is 3. The fraction of sp³-hybridized carbons (Fsp3) is 0. The first-order valence-corrected chi connectivity index (χ1v) is 20.0. The molecule has 5 heteroatoms. The lowest BCUT2D eigenvalue weighted by molar-refractivity contribution is 0.673. The summed E-state index contributed by atoms with van der Waals surface area (Å²) in [7, 11) is 0. The van der Waals surface area contributed by atoms with E-state index in [1.165, 1.54) is 11.1 Å². The predicted molar refractivity (Wildman–Crippen MR) is 244 cm³/mol. The summed E-state index contributed by atoms with van der Waals surface area (Å²) in [4.78, 5) is 11.1. The van der Waals surface area contributed by atoms with Crippen molar-refractivity contribution in [3.05, 3.63) is 194 Å². The van der Waals surface area contributed by atoms with Gasteiger partial charge in [0.25, 0.3) is 0 Å². The van der Waals surface area contributed by atoms with Gasteiger partial charge in [0.1, 0.15) is 11.2 Å². The van der Waals surface area contributed by atoms with E-state index in [0.717, 1.165) is 104 Å². The van der Waals surface area contributed by atoms with E-state index in [-0.39, 0.29) is 0 Å². The Morgan fingerprint density at radius 3 is 1.90 bits per heavy atom. The maximum absolute atomic E-state index is 6.81. The highest BCUT2D eigenvalue weighted by molar-refractivity contribution is 6.31. The Kier molecular flexibility index (Phi) is 6.66. The summed E-state index contributed by atoms with van der Waals surface area (Å²) in [6.45, 7) is 0. The second-order valence-electron chi connectivity index (χ2n) is 15.3. The number of benzene rings is 9. The molecule has 4 heterocycles. The minimum absolute atomic E-state index is 0.610. The van der Waals surface area contributed by atoms with E-state index in [0.29, 0.717) is 5.95 Å². The maximum Gasteiger partial charge on any atom is 0.235 e. The number of rotatable bonds is 4. The monoisotopic (exact) mass is 752 g/mol. The molecular weight excluding hydrogens is 721 g/mol. The van der Waals surface area contributed by atoms with E-state index in [1.54, 1.807) is 0 Å². The molecule has 274 valence electrons. The molecule has 0 spiro atoms. The largest absolute Gasteiger partial charge is 0.455 e. The van der Waals surface area contributed by atoms with E-state index in [2.05, 4.69) is 197 Å². The van der Waals surface area contributed by atoms with Crippen LogP contribution in [0.15, 0.2) is 199 Å². The second kappa shape index (κ2) is 12.2. The zero-order chi connectivity index (χ0) is 38.6. The van der Waals surface area contributed by atoms with Gasteiger partial charge < -0.3 is 8.98 Å². The molecule has 4 aromatic heterocycles. The standard InChI is InChI=1S/C54H32N4O/c1-3-14-33(15-4-1)36-19-13-20-37(32-36)57-44-24-11-9-23-41(44)48-45(57)31-29-42-49-46(30-28-40-39-22-10-12-25-47(39)59-53(40)49)58(52(42)48)54-55-50(35-17-5-2-6-18-35)43-27-26-34-16-7-8-21-38(34)51(43)56-54/h1-32H. The first kappa shape index (κ1) is 32.1. The Labute approximate surface area is 337 Å². The smallest absolute Gasteiger partial charge is 0.235 e. The molecule has 0 unspecified atom stereocenters. The number of para-hydroxylation sites is 2. The SMILES string of the molecule is c1ccc(-c2cccc(-n3c4ccccc4c4c3ccc3c5c6oc7ccccc7c6ccc5n(-c5nc(-c6ccccc6)c6ccc7ccccc7c6n5)c34)c2)cc1. The zero-order valence-electron chi connectivity index (χ0n) is 31.7. The van der Waals surface area contributed by atoms with Crippen LogP contribution in [0.3, 0.4) is 0 Å². The number of hydrogen-bond donors (Lipinski definition) is 0. The van der Waals surface area contributed by atoms with Gasteiger partial charge in [0.15, 0.2) is 0 Å². The van der Waals surface area contributed by atoms with Gasteiger partial charge in [-0.3, -0.25) is 4.57 Å². The van der Waals surface area contributed by atoms with Gasteiger partial charge in [0, 0.05) is 49.0 Å². The van der Waals surface area contributed by atoms with Crippen molar-refractivity contribution in [1.82, 2.24) is 19.1 Å². The van der Waals surface area contributed by atoms with Gasteiger partial charge in [0.05, 0.1) is 38.7 Å². The van der Waals surface area contributed by atoms with E-state index < -0.39 is 0 Å². The Balaban J connectivity index is 1.22. The molecule has 0 radical (unpaired) electrons. The van der Waals surface area contributed by atoms with Gasteiger partial charge >= 0.3 is 0 Å². The van der Waals surface area contributed by atoms with Crippen LogP contribution in [0.1, 0.15) is 0 Å². The molecule has 0 N–H and O–H groups in total. The summed E-state index contributed by atoms with van der Waals surface area (Å²) < 4.78 is 11.5. The van der Waals surface area contributed by atoms with Crippen molar-refractivity contribution < 1.29 is 4.42 Å². The van der Waals surface area contributed by atoms with E-state index in [9.17, 15) is 0 Å². The van der Waals surface area contributed by atoms with Gasteiger partial charge in [-0.2, -0.15) is 0 Å². The van der Waals surface area contributed by atoms with Crippen molar-refractivity contribution in [3.63, 3.8) is 0 Å². The van der Waals surface area contributed by atoms with Crippen LogP contribution in [0.25, 0.3) is 121 Å². The third kappa shape index (κ3) is 4.61. The van der Waals surface area contributed by atoms with Gasteiger partial charge in [-0.25, -0.2) is 9.97 Å². The third-order valence-corrected chi connectivity index (χ3v) is 12.1. The second-order valence-corrected chi connectivity index (χ2v) is 15.3. The van der Waals surface area contributed by atoms with E-state index >= 15 is 0 Å². The van der Waals surface area contributed by atoms with Crippen molar-refractivity contribution >= 4 is 87.2 Å². The first-order valence-electron chi connectivity index (χ1n) is 20.0. The van der Waals surface area contributed by atoms with Crippen LogP contribution in [-0.2, 0) is 0 Å². The Bertz CT molecular complexity index is 3840. The lowest BCUT2D eigenvalue weighted by Crippen LogP contribution is -2.04. The highest BCUT2D eigenvalue weighted by Crippen LogP contribution is 2.46. The van der Waals surface area contributed by atoms with Gasteiger partial charge in [0.2, 0.25) is 5.95 Å². The molecule has 9 aromatic carbocycles. The molecule has 59 heavy (non-hydrogen) atoms. The fourth-order valence-electron chi connectivity index (χ4n) is 9.53. The normalized spacial score (nSPS) is 12.1. The molecule has 13 aromatic rings. The quantitative estimate of drug-likeness (QED) is 0.168. The molecule has 13 rings (SSSR count). The summed E-state index contributed by atoms with van der Waals surface area (Å²) >= 11 is 0. The number of aromatic nitrogens is 4. The Hall–Kier alpha value is -8.02. The highest BCUT2D eigenvalue weighted by Gasteiger charge is 2.26. The van der Waals surface area contributed by atoms with Crippen LogP contribution in [0, 0.1) is 0 Å². The number of nitrogens with zero attached hydrogens (tertiary/aromatic N) is 4. The lowest BCUT2D eigenvalue weighted by Gasteiger charge is -2.14. The van der Waals surface area contributed by atoms with Crippen LogP contribution in [0.5, 0.6) is 0 Å². The van der Waals surface area contributed by atoms with Crippen molar-refractivity contribution in [2.75, 3.05) is 0 Å². The molecule has 0 aliphatic heterocycles. The molecule has 0 atom stereocenters. The topological polar surface area (TPSA) is 48.8 Å². The lowest BCUT2D eigenvalue weighted by atomic mass is 10.0. The Morgan fingerprint density at radius 1 is 0.390 bits per heavy atom. The van der Waals surface area contributed by atoms with Crippen LogP contribution >= 0.6 is 0 Å². The Morgan fingerprint density at radius 2 is 1.05 bits per heavy atom. The average Bonchev–Trinajstić information content (AvgIpc) is 3.97. The predicted octanol–water partition coefficient (Wildman–Crippen LogP) is 14.2. The molecule has 0 fully saturated rings. The summed E-state index contributed by atoms with van der Waals surface area (Å²) in [5, 5.41) is 9.83. The molecule has 0 aliphatic carbocycles. The molecule has 0 saturated heterocycles. The van der Waals surface area contributed by atoms with Crippen molar-refractivity contribution in [2.45, 2.75) is 0 Å². The summed E-state index contributed by atoms with van der Waals surface area (Å²) in [6, 6.07) is 68.8. The molecule has 0 saturated carbocycles. The number of furan rings is 1. The molecule has 0 aliphatic rings.